The average molecular weight is 558 g/mol. The first kappa shape index (κ1) is 27.8. The van der Waals surface area contributed by atoms with Crippen LogP contribution in [0.1, 0.15) is 39.5 Å². The van der Waals surface area contributed by atoms with Gasteiger partial charge in [-0.3, -0.25) is 0 Å². The molecule has 0 spiro atoms. The Morgan fingerprint density at radius 3 is 1.25 bits per heavy atom. The quantitative estimate of drug-likeness (QED) is 0.146. The van der Waals surface area contributed by atoms with Crippen LogP contribution in [0, 0.1) is 5.92 Å². The summed E-state index contributed by atoms with van der Waals surface area (Å²) in [6, 6.07) is 0. The molecular weight excluding hydrogens is 542 g/mol. The molecule has 0 radical (unpaired) electrons. The third kappa shape index (κ3) is 4.30. The van der Waals surface area contributed by atoms with Crippen molar-refractivity contribution in [1.29, 1.82) is 0 Å². The van der Waals surface area contributed by atoms with Crippen LogP contribution >= 0.6 is 22.6 Å². The zero-order valence-corrected chi connectivity index (χ0v) is 16.4. The Morgan fingerprint density at radius 1 is 0.571 bits per heavy atom. The Bertz CT molecular complexity index is 512. The Hall–Kier alpha value is -0.180. The molecule has 0 aliphatic carbocycles. The van der Waals surface area contributed by atoms with E-state index < -0.39 is 52.1 Å². The molecule has 0 saturated carbocycles. The van der Waals surface area contributed by atoms with Gasteiger partial charge in [0.1, 0.15) is 0 Å². The summed E-state index contributed by atoms with van der Waals surface area (Å²) in [6.45, 7) is 2.60. The van der Waals surface area contributed by atoms with Crippen molar-refractivity contribution in [2.45, 2.75) is 79.2 Å². The average Bonchev–Trinajstić information content (AvgIpc) is 2.50. The first-order valence-corrected chi connectivity index (χ1v) is 9.02. The van der Waals surface area contributed by atoms with E-state index >= 15 is 0 Å². The summed E-state index contributed by atoms with van der Waals surface area (Å²) in [6.07, 6.45) is -8.69. The third-order valence-electron chi connectivity index (χ3n) is 4.02. The Morgan fingerprint density at radius 2 is 0.929 bits per heavy atom. The zero-order valence-electron chi connectivity index (χ0n) is 14.3. The molecule has 0 aliphatic rings. The molecule has 14 heteroatoms. The number of alkyl halides is 14. The second-order valence-corrected chi connectivity index (χ2v) is 7.72. The van der Waals surface area contributed by atoms with Gasteiger partial charge >= 0.3 is 35.8 Å². The second kappa shape index (κ2) is 8.52. The summed E-state index contributed by atoms with van der Waals surface area (Å²) >= 11 is 1.20. The van der Waals surface area contributed by atoms with E-state index in [-0.39, 0.29) is 19.3 Å². The van der Waals surface area contributed by atoms with E-state index in [1.54, 1.807) is 0 Å². The SMILES string of the molecule is CCC[C@H](I)[C@H](CCC)C(F)(F)C(F)(F)C(F)(F)C(F)(F)C(F)(F)C(F)(F)F. The first-order chi connectivity index (χ1) is 12.2. The van der Waals surface area contributed by atoms with Crippen molar-refractivity contribution < 1.29 is 57.1 Å². The van der Waals surface area contributed by atoms with Crippen LogP contribution in [0.3, 0.4) is 0 Å². The highest BCUT2D eigenvalue weighted by atomic mass is 127. The molecule has 0 heterocycles. The molecule has 28 heavy (non-hydrogen) atoms. The van der Waals surface area contributed by atoms with E-state index in [0.29, 0.717) is 0 Å². The molecule has 0 bridgehead atoms. The molecule has 0 fully saturated rings. The number of hydrogen-bond donors (Lipinski definition) is 0. The van der Waals surface area contributed by atoms with E-state index in [9.17, 15) is 57.1 Å². The Balaban J connectivity index is 6.43. The van der Waals surface area contributed by atoms with Crippen LogP contribution in [0.25, 0.3) is 0 Å². The summed E-state index contributed by atoms with van der Waals surface area (Å²) in [5, 5.41) is 0. The van der Waals surface area contributed by atoms with Crippen LogP contribution < -0.4 is 0 Å². The maximum absolute atomic E-state index is 14.2. The van der Waals surface area contributed by atoms with Crippen molar-refractivity contribution in [3.05, 3.63) is 0 Å². The maximum atomic E-state index is 14.2. The minimum Gasteiger partial charge on any atom is -0.199 e. The highest BCUT2D eigenvalue weighted by Crippen LogP contribution is 2.62. The highest BCUT2D eigenvalue weighted by molar-refractivity contribution is 14.1. The van der Waals surface area contributed by atoms with Gasteiger partial charge in [-0.05, 0) is 12.8 Å². The topological polar surface area (TPSA) is 0 Å². The molecule has 0 aliphatic heterocycles. The van der Waals surface area contributed by atoms with Crippen molar-refractivity contribution in [3.8, 4) is 0 Å². The lowest BCUT2D eigenvalue weighted by molar-refractivity contribution is -0.443. The van der Waals surface area contributed by atoms with E-state index in [2.05, 4.69) is 0 Å². The fourth-order valence-electron chi connectivity index (χ4n) is 2.39. The standard InChI is InChI=1S/C14H16F13I/c1-3-5-7(8(28)6-4-2)9(15,16)10(17,18)11(19,20)12(21,22)13(23,24)14(25,26)27/h7-8H,3-6H2,1-2H3/t7-,8-/m0/s1. The van der Waals surface area contributed by atoms with Crippen molar-refractivity contribution in [3.63, 3.8) is 0 Å². The molecule has 2 atom stereocenters. The minimum absolute atomic E-state index is 0.105. The highest BCUT2D eigenvalue weighted by Gasteiger charge is 2.91. The summed E-state index contributed by atoms with van der Waals surface area (Å²) in [5.41, 5.74) is 0. The predicted octanol–water partition coefficient (Wildman–Crippen LogP) is 7.75. The monoisotopic (exact) mass is 558 g/mol. The van der Waals surface area contributed by atoms with Gasteiger partial charge in [-0.2, -0.15) is 57.1 Å². The molecule has 0 nitrogen and oxygen atoms in total. The molecular formula is C14H16F13I. The Labute approximate surface area is 165 Å². The molecule has 0 amide bonds. The van der Waals surface area contributed by atoms with Gasteiger partial charge in [0.25, 0.3) is 0 Å². The van der Waals surface area contributed by atoms with Crippen LogP contribution in [0.15, 0.2) is 0 Å². The molecule has 0 unspecified atom stereocenters. The normalized spacial score (nSPS) is 17.6. The fraction of sp³-hybridized carbons (Fsp3) is 1.00. The molecule has 0 aromatic rings. The van der Waals surface area contributed by atoms with Gasteiger partial charge in [0.15, 0.2) is 0 Å². The second-order valence-electron chi connectivity index (χ2n) is 6.12. The van der Waals surface area contributed by atoms with Crippen molar-refractivity contribution in [2.24, 2.45) is 5.92 Å². The van der Waals surface area contributed by atoms with E-state index in [1.165, 1.54) is 36.4 Å². The van der Waals surface area contributed by atoms with Crippen LogP contribution in [0.5, 0.6) is 0 Å². The summed E-state index contributed by atoms with van der Waals surface area (Å²) in [4.78, 5) is 0. The van der Waals surface area contributed by atoms with Crippen LogP contribution in [0.4, 0.5) is 57.1 Å². The lowest BCUT2D eigenvalue weighted by atomic mass is 9.82. The summed E-state index contributed by atoms with van der Waals surface area (Å²) < 4.78 is 170. The van der Waals surface area contributed by atoms with Gasteiger partial charge in [-0.1, -0.05) is 49.3 Å². The smallest absolute Gasteiger partial charge is 0.199 e. The molecule has 0 aromatic heterocycles. The maximum Gasteiger partial charge on any atom is 0.460 e. The first-order valence-electron chi connectivity index (χ1n) is 7.78. The number of rotatable bonds is 10. The van der Waals surface area contributed by atoms with Crippen molar-refractivity contribution in [2.75, 3.05) is 0 Å². The van der Waals surface area contributed by atoms with Crippen molar-refractivity contribution >= 4 is 22.6 Å². The number of halogens is 14. The lowest BCUT2D eigenvalue weighted by Crippen LogP contribution is -2.71. The molecule has 0 saturated heterocycles. The lowest BCUT2D eigenvalue weighted by Gasteiger charge is -2.42. The van der Waals surface area contributed by atoms with Gasteiger partial charge in [-0.15, -0.1) is 0 Å². The van der Waals surface area contributed by atoms with Gasteiger partial charge in [0.2, 0.25) is 0 Å². The van der Waals surface area contributed by atoms with Crippen LogP contribution in [0.2, 0.25) is 0 Å². The van der Waals surface area contributed by atoms with E-state index in [0.717, 1.165) is 0 Å². The summed E-state index contributed by atoms with van der Waals surface area (Å²) in [7, 11) is 0. The Kier molecular flexibility index (Phi) is 8.46. The van der Waals surface area contributed by atoms with Crippen LogP contribution in [-0.4, -0.2) is 39.7 Å². The van der Waals surface area contributed by atoms with Crippen LogP contribution in [-0.2, 0) is 0 Å². The predicted molar refractivity (Wildman–Crippen MR) is 81.9 cm³/mol. The molecule has 0 aromatic carbocycles. The zero-order chi connectivity index (χ0) is 23.0. The minimum atomic E-state index is -7.84. The largest absolute Gasteiger partial charge is 0.460 e. The number of hydrogen-bond acceptors (Lipinski definition) is 0. The van der Waals surface area contributed by atoms with E-state index in [1.807, 2.05) is 0 Å². The van der Waals surface area contributed by atoms with Gasteiger partial charge < -0.3 is 0 Å². The van der Waals surface area contributed by atoms with Gasteiger partial charge in [0, 0.05) is 9.84 Å². The van der Waals surface area contributed by atoms with Gasteiger partial charge in [0.05, 0.1) is 0 Å². The fourth-order valence-corrected chi connectivity index (χ4v) is 3.83. The molecule has 0 N–H and O–H groups in total. The summed E-state index contributed by atoms with van der Waals surface area (Å²) in [5.74, 6) is -39.1. The van der Waals surface area contributed by atoms with E-state index in [4.69, 9.17) is 0 Å². The molecule has 0 rings (SSSR count). The van der Waals surface area contributed by atoms with Crippen molar-refractivity contribution in [1.82, 2.24) is 0 Å². The third-order valence-corrected chi connectivity index (χ3v) is 5.52. The molecule has 170 valence electrons. The van der Waals surface area contributed by atoms with Gasteiger partial charge in [-0.25, -0.2) is 0 Å².